The van der Waals surface area contributed by atoms with Gasteiger partial charge in [-0.15, -0.1) is 0 Å². The highest BCUT2D eigenvalue weighted by atomic mass is 16.5. The predicted molar refractivity (Wildman–Crippen MR) is 77.4 cm³/mol. The molecule has 0 amide bonds. The van der Waals surface area contributed by atoms with Crippen LogP contribution in [0, 0.1) is 0 Å². The van der Waals surface area contributed by atoms with Crippen LogP contribution in [0.5, 0.6) is 0 Å². The van der Waals surface area contributed by atoms with Crippen molar-refractivity contribution in [2.45, 2.75) is 51.6 Å². The summed E-state index contributed by atoms with van der Waals surface area (Å²) in [4.78, 5) is 11.4. The molecule has 112 valence electrons. The van der Waals surface area contributed by atoms with Crippen LogP contribution in [0.25, 0.3) is 0 Å². The minimum Gasteiger partial charge on any atom is -0.469 e. The molecule has 1 N–H and O–H groups in total. The van der Waals surface area contributed by atoms with Crippen LogP contribution in [0.3, 0.4) is 0 Å². The van der Waals surface area contributed by atoms with Crippen molar-refractivity contribution in [3.8, 4) is 0 Å². The van der Waals surface area contributed by atoms with Gasteiger partial charge in [-0.1, -0.05) is 32.3 Å². The Kier molecular flexibility index (Phi) is 7.73. The Bertz CT molecular complexity index is 395. The second-order valence-corrected chi connectivity index (χ2v) is 4.72. The molecule has 0 bridgehead atoms. The van der Waals surface area contributed by atoms with Gasteiger partial charge in [-0.3, -0.25) is 0 Å². The number of rotatable bonds is 9. The third-order valence-electron chi connectivity index (χ3n) is 3.12. The zero-order valence-electron chi connectivity index (χ0n) is 12.2. The Morgan fingerprint density at radius 2 is 2.25 bits per heavy atom. The summed E-state index contributed by atoms with van der Waals surface area (Å²) in [6, 6.07) is 3.59. The van der Waals surface area contributed by atoms with E-state index in [9.17, 15) is 9.90 Å². The number of esters is 1. The topological polar surface area (TPSA) is 59.7 Å². The zero-order chi connectivity index (χ0) is 14.8. The SMILES string of the molecule is CCCCCC(O)C(/C=C/C(=O)OCC)c1ccco1. The number of hydrogen-bond donors (Lipinski definition) is 1. The molecule has 0 aliphatic heterocycles. The number of carbonyl (C=O) groups excluding carboxylic acids is 1. The predicted octanol–water partition coefficient (Wildman–Crippen LogP) is 3.42. The first kappa shape index (κ1) is 16.5. The second kappa shape index (κ2) is 9.37. The van der Waals surface area contributed by atoms with E-state index in [-0.39, 0.29) is 5.92 Å². The van der Waals surface area contributed by atoms with Gasteiger partial charge in [-0.2, -0.15) is 0 Å². The van der Waals surface area contributed by atoms with Gasteiger partial charge in [0.2, 0.25) is 0 Å². The van der Waals surface area contributed by atoms with E-state index < -0.39 is 12.1 Å². The van der Waals surface area contributed by atoms with Crippen molar-refractivity contribution in [3.63, 3.8) is 0 Å². The molecule has 1 rings (SSSR count). The number of carbonyl (C=O) groups is 1. The Hall–Kier alpha value is -1.55. The highest BCUT2D eigenvalue weighted by Crippen LogP contribution is 2.25. The number of aliphatic hydroxyl groups excluding tert-OH is 1. The molecular formula is C16H24O4. The normalized spacial score (nSPS) is 14.3. The van der Waals surface area contributed by atoms with Crippen molar-refractivity contribution < 1.29 is 19.1 Å². The van der Waals surface area contributed by atoms with E-state index in [1.165, 1.54) is 6.08 Å². The molecule has 0 aliphatic rings. The standard InChI is InChI=1S/C16H24O4/c1-3-5-6-8-14(17)13(15-9-7-12-20-15)10-11-16(18)19-4-2/h7,9-14,17H,3-6,8H2,1-2H3/b11-10+. The van der Waals surface area contributed by atoms with Crippen LogP contribution in [0.2, 0.25) is 0 Å². The maximum Gasteiger partial charge on any atom is 0.330 e. The Balaban J connectivity index is 2.68. The summed E-state index contributed by atoms with van der Waals surface area (Å²) in [6.07, 6.45) is 7.87. The summed E-state index contributed by atoms with van der Waals surface area (Å²) in [5.41, 5.74) is 0. The molecular weight excluding hydrogens is 256 g/mol. The molecule has 0 saturated carbocycles. The highest BCUT2D eigenvalue weighted by Gasteiger charge is 2.21. The third kappa shape index (κ3) is 5.61. The first-order valence-corrected chi connectivity index (χ1v) is 7.25. The van der Waals surface area contributed by atoms with E-state index >= 15 is 0 Å². The van der Waals surface area contributed by atoms with Crippen LogP contribution in [0.4, 0.5) is 0 Å². The second-order valence-electron chi connectivity index (χ2n) is 4.72. The third-order valence-corrected chi connectivity index (χ3v) is 3.12. The summed E-state index contributed by atoms with van der Waals surface area (Å²) in [7, 11) is 0. The van der Waals surface area contributed by atoms with Crippen LogP contribution in [-0.4, -0.2) is 23.8 Å². The lowest BCUT2D eigenvalue weighted by molar-refractivity contribution is -0.137. The van der Waals surface area contributed by atoms with Crippen LogP contribution in [0.1, 0.15) is 51.2 Å². The molecule has 0 radical (unpaired) electrons. The van der Waals surface area contributed by atoms with Crippen molar-refractivity contribution >= 4 is 5.97 Å². The molecule has 20 heavy (non-hydrogen) atoms. The molecule has 0 saturated heterocycles. The van der Waals surface area contributed by atoms with Gasteiger partial charge in [0.1, 0.15) is 5.76 Å². The summed E-state index contributed by atoms with van der Waals surface area (Å²) < 4.78 is 10.2. The van der Waals surface area contributed by atoms with Gasteiger partial charge in [0, 0.05) is 6.08 Å². The van der Waals surface area contributed by atoms with Crippen molar-refractivity contribution in [2.75, 3.05) is 6.61 Å². The first-order valence-electron chi connectivity index (χ1n) is 7.25. The smallest absolute Gasteiger partial charge is 0.330 e. The van der Waals surface area contributed by atoms with E-state index in [1.54, 1.807) is 25.3 Å². The van der Waals surface area contributed by atoms with Crippen molar-refractivity contribution in [2.24, 2.45) is 0 Å². The molecule has 4 heteroatoms. The molecule has 1 aromatic heterocycles. The van der Waals surface area contributed by atoms with E-state index in [0.717, 1.165) is 19.3 Å². The average molecular weight is 280 g/mol. The Labute approximate surface area is 120 Å². The van der Waals surface area contributed by atoms with Crippen molar-refractivity contribution in [3.05, 3.63) is 36.3 Å². The number of ether oxygens (including phenoxy) is 1. The van der Waals surface area contributed by atoms with Gasteiger partial charge < -0.3 is 14.3 Å². The number of hydrogen-bond acceptors (Lipinski definition) is 4. The van der Waals surface area contributed by atoms with Crippen molar-refractivity contribution in [1.29, 1.82) is 0 Å². The summed E-state index contributed by atoms with van der Waals surface area (Å²) in [5.74, 6) is -0.0503. The van der Waals surface area contributed by atoms with Gasteiger partial charge in [-0.25, -0.2) is 4.79 Å². The lowest BCUT2D eigenvalue weighted by atomic mass is 9.94. The fourth-order valence-corrected chi connectivity index (χ4v) is 2.05. The van der Waals surface area contributed by atoms with E-state index in [1.807, 2.05) is 6.07 Å². The van der Waals surface area contributed by atoms with Gasteiger partial charge in [-0.05, 0) is 25.5 Å². The summed E-state index contributed by atoms with van der Waals surface area (Å²) in [5, 5.41) is 10.3. The minimum absolute atomic E-state index is 0.314. The lowest BCUT2D eigenvalue weighted by Gasteiger charge is -2.17. The molecule has 0 fully saturated rings. The minimum atomic E-state index is -0.557. The van der Waals surface area contributed by atoms with Crippen molar-refractivity contribution in [1.82, 2.24) is 0 Å². The fourth-order valence-electron chi connectivity index (χ4n) is 2.05. The highest BCUT2D eigenvalue weighted by molar-refractivity contribution is 5.82. The monoisotopic (exact) mass is 280 g/mol. The average Bonchev–Trinajstić information content (AvgIpc) is 2.93. The van der Waals surface area contributed by atoms with Gasteiger partial charge in [0.15, 0.2) is 0 Å². The molecule has 1 aromatic rings. The summed E-state index contributed by atoms with van der Waals surface area (Å²) in [6.45, 7) is 4.22. The summed E-state index contributed by atoms with van der Waals surface area (Å²) >= 11 is 0. The Morgan fingerprint density at radius 1 is 1.45 bits per heavy atom. The van der Waals surface area contributed by atoms with Crippen LogP contribution in [-0.2, 0) is 9.53 Å². The molecule has 2 atom stereocenters. The van der Waals surface area contributed by atoms with Crippen LogP contribution < -0.4 is 0 Å². The maximum absolute atomic E-state index is 11.4. The maximum atomic E-state index is 11.4. The lowest BCUT2D eigenvalue weighted by Crippen LogP contribution is -2.17. The van der Waals surface area contributed by atoms with E-state index in [2.05, 4.69) is 6.92 Å². The number of furan rings is 1. The zero-order valence-corrected chi connectivity index (χ0v) is 12.2. The molecule has 4 nitrogen and oxygen atoms in total. The van der Waals surface area contributed by atoms with Crippen LogP contribution in [0.15, 0.2) is 35.0 Å². The fraction of sp³-hybridized carbons (Fsp3) is 0.562. The molecule has 0 spiro atoms. The van der Waals surface area contributed by atoms with Gasteiger partial charge in [0.05, 0.1) is 24.9 Å². The largest absolute Gasteiger partial charge is 0.469 e. The van der Waals surface area contributed by atoms with E-state index in [0.29, 0.717) is 18.8 Å². The van der Waals surface area contributed by atoms with Gasteiger partial charge in [0.25, 0.3) is 0 Å². The molecule has 1 heterocycles. The number of aliphatic hydroxyl groups is 1. The van der Waals surface area contributed by atoms with Crippen LogP contribution >= 0.6 is 0 Å². The molecule has 2 unspecified atom stereocenters. The first-order chi connectivity index (χ1) is 9.69. The van der Waals surface area contributed by atoms with E-state index in [4.69, 9.17) is 9.15 Å². The number of unbranched alkanes of at least 4 members (excludes halogenated alkanes) is 2. The van der Waals surface area contributed by atoms with Gasteiger partial charge >= 0.3 is 5.97 Å². The molecule has 0 aromatic carbocycles. The Morgan fingerprint density at radius 3 is 2.85 bits per heavy atom. The molecule has 0 aliphatic carbocycles. The quantitative estimate of drug-likeness (QED) is 0.428.